The van der Waals surface area contributed by atoms with E-state index in [1.807, 2.05) is 7.05 Å². The fraction of sp³-hybridized carbons (Fsp3) is 1.00. The second-order valence-corrected chi connectivity index (χ2v) is 5.89. The molecular formula is C15H33N. The van der Waals surface area contributed by atoms with Gasteiger partial charge in [0.1, 0.15) is 0 Å². The summed E-state index contributed by atoms with van der Waals surface area (Å²) in [6.07, 6.45) is 12.6. The summed E-state index contributed by atoms with van der Waals surface area (Å²) in [6, 6.07) is 0. The van der Waals surface area contributed by atoms with E-state index >= 15 is 0 Å². The van der Waals surface area contributed by atoms with Crippen LogP contribution in [0, 0.1) is 5.41 Å². The summed E-state index contributed by atoms with van der Waals surface area (Å²) in [5.74, 6) is 0. The van der Waals surface area contributed by atoms with Gasteiger partial charge in [0.2, 0.25) is 0 Å². The van der Waals surface area contributed by atoms with Crippen LogP contribution in [0.3, 0.4) is 0 Å². The highest BCUT2D eigenvalue weighted by Gasteiger charge is 2.16. The van der Waals surface area contributed by atoms with Gasteiger partial charge in [-0.15, -0.1) is 0 Å². The van der Waals surface area contributed by atoms with E-state index in [2.05, 4.69) is 26.1 Å². The first-order valence-corrected chi connectivity index (χ1v) is 7.27. The van der Waals surface area contributed by atoms with E-state index in [0.29, 0.717) is 5.41 Å². The van der Waals surface area contributed by atoms with Crippen LogP contribution in [0.1, 0.15) is 78.6 Å². The van der Waals surface area contributed by atoms with Gasteiger partial charge in [-0.05, 0) is 38.3 Å². The highest BCUT2D eigenvalue weighted by Crippen LogP contribution is 2.30. The Kier molecular flexibility index (Phi) is 10.1. The molecule has 0 amide bonds. The lowest BCUT2D eigenvalue weighted by atomic mass is 9.82. The zero-order chi connectivity index (χ0) is 12.3. The molecule has 0 bridgehead atoms. The molecule has 98 valence electrons. The number of hydrogen-bond acceptors (Lipinski definition) is 1. The Labute approximate surface area is 103 Å². The molecule has 0 saturated heterocycles. The maximum Gasteiger partial charge on any atom is -0.00519 e. The second kappa shape index (κ2) is 10.1. The topological polar surface area (TPSA) is 12.0 Å². The Morgan fingerprint density at radius 1 is 0.812 bits per heavy atom. The molecule has 0 atom stereocenters. The van der Waals surface area contributed by atoms with Crippen molar-refractivity contribution in [3.05, 3.63) is 0 Å². The predicted octanol–water partition coefficient (Wildman–Crippen LogP) is 4.76. The first kappa shape index (κ1) is 16.0. The van der Waals surface area contributed by atoms with Gasteiger partial charge in [-0.1, -0.05) is 59.3 Å². The third-order valence-corrected chi connectivity index (χ3v) is 3.49. The Morgan fingerprint density at radius 2 is 1.38 bits per heavy atom. The lowest BCUT2D eigenvalue weighted by molar-refractivity contribution is 0.283. The summed E-state index contributed by atoms with van der Waals surface area (Å²) in [6.45, 7) is 8.35. The van der Waals surface area contributed by atoms with Gasteiger partial charge in [0.05, 0.1) is 0 Å². The molecule has 0 fully saturated rings. The van der Waals surface area contributed by atoms with Crippen molar-refractivity contribution in [1.29, 1.82) is 0 Å². The van der Waals surface area contributed by atoms with E-state index in [9.17, 15) is 0 Å². The zero-order valence-corrected chi connectivity index (χ0v) is 12.1. The van der Waals surface area contributed by atoms with Crippen LogP contribution in [-0.4, -0.2) is 13.6 Å². The Hall–Kier alpha value is -0.0400. The molecular weight excluding hydrogens is 194 g/mol. The predicted molar refractivity (Wildman–Crippen MR) is 74.9 cm³/mol. The van der Waals surface area contributed by atoms with Gasteiger partial charge in [-0.3, -0.25) is 0 Å². The van der Waals surface area contributed by atoms with E-state index in [-0.39, 0.29) is 0 Å². The van der Waals surface area contributed by atoms with Crippen LogP contribution in [0.2, 0.25) is 0 Å². The monoisotopic (exact) mass is 227 g/mol. The molecule has 0 aromatic carbocycles. The third-order valence-electron chi connectivity index (χ3n) is 3.49. The molecule has 0 heterocycles. The number of nitrogens with one attached hydrogen (secondary N) is 1. The van der Waals surface area contributed by atoms with Crippen LogP contribution in [0.15, 0.2) is 0 Å². The summed E-state index contributed by atoms with van der Waals surface area (Å²) in [7, 11) is 2.04. The van der Waals surface area contributed by atoms with E-state index in [0.717, 1.165) is 0 Å². The van der Waals surface area contributed by atoms with Crippen LogP contribution < -0.4 is 5.32 Å². The summed E-state index contributed by atoms with van der Waals surface area (Å²) >= 11 is 0. The second-order valence-electron chi connectivity index (χ2n) is 5.89. The largest absolute Gasteiger partial charge is 0.320 e. The Morgan fingerprint density at radius 3 is 1.88 bits per heavy atom. The molecule has 1 N–H and O–H groups in total. The van der Waals surface area contributed by atoms with E-state index < -0.39 is 0 Å². The summed E-state index contributed by atoms with van der Waals surface area (Å²) < 4.78 is 0. The molecule has 0 aromatic rings. The molecule has 0 aliphatic heterocycles. The fourth-order valence-corrected chi connectivity index (χ4v) is 2.24. The van der Waals surface area contributed by atoms with Gasteiger partial charge in [-0.25, -0.2) is 0 Å². The van der Waals surface area contributed by atoms with Crippen LogP contribution in [0.4, 0.5) is 0 Å². The number of hydrogen-bond donors (Lipinski definition) is 1. The summed E-state index contributed by atoms with van der Waals surface area (Å²) in [5, 5.41) is 3.21. The average molecular weight is 227 g/mol. The first-order valence-electron chi connectivity index (χ1n) is 7.27. The summed E-state index contributed by atoms with van der Waals surface area (Å²) in [4.78, 5) is 0. The SMILES string of the molecule is CCCCCCC(C)(C)CCCCCNC. The zero-order valence-electron chi connectivity index (χ0n) is 12.1. The molecule has 1 nitrogen and oxygen atoms in total. The van der Waals surface area contributed by atoms with E-state index in [4.69, 9.17) is 0 Å². The smallest absolute Gasteiger partial charge is 0.00519 e. The van der Waals surface area contributed by atoms with Gasteiger partial charge >= 0.3 is 0 Å². The van der Waals surface area contributed by atoms with Crippen molar-refractivity contribution in [3.8, 4) is 0 Å². The highest BCUT2D eigenvalue weighted by atomic mass is 14.8. The molecule has 0 saturated carbocycles. The quantitative estimate of drug-likeness (QED) is 0.502. The molecule has 0 aliphatic carbocycles. The lowest BCUT2D eigenvalue weighted by Crippen LogP contribution is -2.12. The molecule has 0 aliphatic rings. The van der Waals surface area contributed by atoms with Crippen LogP contribution in [0.5, 0.6) is 0 Å². The van der Waals surface area contributed by atoms with Crippen molar-refractivity contribution in [3.63, 3.8) is 0 Å². The molecule has 0 aromatic heterocycles. The standard InChI is InChI=1S/C15H33N/c1-5-6-7-9-12-15(2,3)13-10-8-11-14-16-4/h16H,5-14H2,1-4H3. The van der Waals surface area contributed by atoms with Gasteiger partial charge in [0.25, 0.3) is 0 Å². The van der Waals surface area contributed by atoms with E-state index in [1.165, 1.54) is 64.3 Å². The lowest BCUT2D eigenvalue weighted by Gasteiger charge is -2.24. The van der Waals surface area contributed by atoms with E-state index in [1.54, 1.807) is 0 Å². The van der Waals surface area contributed by atoms with Crippen LogP contribution >= 0.6 is 0 Å². The van der Waals surface area contributed by atoms with Crippen molar-refractivity contribution >= 4 is 0 Å². The van der Waals surface area contributed by atoms with Crippen molar-refractivity contribution in [1.82, 2.24) is 5.32 Å². The molecule has 16 heavy (non-hydrogen) atoms. The first-order chi connectivity index (χ1) is 7.62. The highest BCUT2D eigenvalue weighted by molar-refractivity contribution is 4.68. The van der Waals surface area contributed by atoms with Crippen molar-refractivity contribution in [2.24, 2.45) is 5.41 Å². The van der Waals surface area contributed by atoms with Gasteiger partial charge in [0.15, 0.2) is 0 Å². The fourth-order valence-electron chi connectivity index (χ4n) is 2.24. The molecule has 0 spiro atoms. The van der Waals surface area contributed by atoms with Gasteiger partial charge in [0, 0.05) is 0 Å². The molecule has 0 radical (unpaired) electrons. The molecule has 0 unspecified atom stereocenters. The van der Waals surface area contributed by atoms with Crippen LogP contribution in [-0.2, 0) is 0 Å². The maximum atomic E-state index is 3.21. The van der Waals surface area contributed by atoms with Gasteiger partial charge in [-0.2, -0.15) is 0 Å². The summed E-state index contributed by atoms with van der Waals surface area (Å²) in [5.41, 5.74) is 0.577. The van der Waals surface area contributed by atoms with Crippen molar-refractivity contribution in [2.75, 3.05) is 13.6 Å². The Bertz CT molecular complexity index is 140. The Balaban J connectivity index is 3.38. The average Bonchev–Trinajstić information content (AvgIpc) is 2.24. The third kappa shape index (κ3) is 10.5. The molecule has 1 heteroatoms. The van der Waals surface area contributed by atoms with Crippen molar-refractivity contribution in [2.45, 2.75) is 78.6 Å². The van der Waals surface area contributed by atoms with Crippen LogP contribution in [0.25, 0.3) is 0 Å². The molecule has 0 rings (SSSR count). The number of unbranched alkanes of at least 4 members (excludes halogenated alkanes) is 5. The number of rotatable bonds is 11. The minimum Gasteiger partial charge on any atom is -0.320 e. The van der Waals surface area contributed by atoms with Gasteiger partial charge < -0.3 is 5.32 Å². The van der Waals surface area contributed by atoms with Crippen molar-refractivity contribution < 1.29 is 0 Å². The minimum absolute atomic E-state index is 0.577. The maximum absolute atomic E-state index is 3.21. The minimum atomic E-state index is 0.577. The normalized spacial score (nSPS) is 12.0.